The number of aromatic nitrogens is 2. The fourth-order valence-electron chi connectivity index (χ4n) is 2.55. The molecule has 3 aromatic rings. The van der Waals surface area contributed by atoms with Crippen molar-refractivity contribution in [2.45, 2.75) is 6.18 Å². The summed E-state index contributed by atoms with van der Waals surface area (Å²) in [6, 6.07) is 7.03. The quantitative estimate of drug-likeness (QED) is 0.646. The minimum absolute atomic E-state index is 0.000969. The SMILES string of the molecule is COC(=O)c1cc(NC(=O)c2ccccc2C(F)(F)F)cc2[nH]c(Cl)nc12. The average molecular weight is 398 g/mol. The van der Waals surface area contributed by atoms with Crippen molar-refractivity contribution in [1.82, 2.24) is 9.97 Å². The van der Waals surface area contributed by atoms with E-state index in [0.717, 1.165) is 19.2 Å². The molecule has 1 heterocycles. The summed E-state index contributed by atoms with van der Waals surface area (Å²) in [5.41, 5.74) is -1.03. The van der Waals surface area contributed by atoms with E-state index in [1.165, 1.54) is 24.3 Å². The van der Waals surface area contributed by atoms with E-state index in [0.29, 0.717) is 5.52 Å². The van der Waals surface area contributed by atoms with Crippen molar-refractivity contribution in [2.24, 2.45) is 0 Å². The van der Waals surface area contributed by atoms with Crippen LogP contribution in [-0.4, -0.2) is 29.0 Å². The first kappa shape index (κ1) is 18.7. The molecule has 0 atom stereocenters. The molecule has 2 N–H and O–H groups in total. The summed E-state index contributed by atoms with van der Waals surface area (Å²) in [7, 11) is 1.16. The maximum atomic E-state index is 13.1. The maximum absolute atomic E-state index is 13.1. The summed E-state index contributed by atoms with van der Waals surface area (Å²) < 4.78 is 44.0. The number of halogens is 4. The summed E-state index contributed by atoms with van der Waals surface area (Å²) in [5.74, 6) is -1.72. The number of hydrogen-bond acceptors (Lipinski definition) is 4. The number of carbonyl (C=O) groups is 2. The Hall–Kier alpha value is -3.07. The lowest BCUT2D eigenvalue weighted by atomic mass is 10.1. The lowest BCUT2D eigenvalue weighted by Crippen LogP contribution is -2.19. The summed E-state index contributed by atoms with van der Waals surface area (Å²) in [4.78, 5) is 31.0. The summed E-state index contributed by atoms with van der Waals surface area (Å²) in [6.45, 7) is 0. The van der Waals surface area contributed by atoms with Gasteiger partial charge in [0.05, 0.1) is 29.3 Å². The number of imidazole rings is 1. The van der Waals surface area contributed by atoms with Crippen molar-refractivity contribution in [3.8, 4) is 0 Å². The number of esters is 1. The largest absolute Gasteiger partial charge is 0.465 e. The van der Waals surface area contributed by atoms with Crippen molar-refractivity contribution in [3.63, 3.8) is 0 Å². The first-order valence-corrected chi connectivity index (χ1v) is 7.83. The second kappa shape index (κ2) is 6.92. The van der Waals surface area contributed by atoms with Crippen LogP contribution in [0.2, 0.25) is 5.28 Å². The number of methoxy groups -OCH3 is 1. The third-order valence-electron chi connectivity index (χ3n) is 3.70. The van der Waals surface area contributed by atoms with Gasteiger partial charge in [-0.25, -0.2) is 9.78 Å². The Morgan fingerprint density at radius 3 is 2.56 bits per heavy atom. The monoisotopic (exact) mass is 397 g/mol. The van der Waals surface area contributed by atoms with E-state index in [4.69, 9.17) is 11.6 Å². The third-order valence-corrected chi connectivity index (χ3v) is 3.88. The predicted molar refractivity (Wildman–Crippen MR) is 91.8 cm³/mol. The molecule has 2 aromatic carbocycles. The Kier molecular flexibility index (Phi) is 4.79. The van der Waals surface area contributed by atoms with Gasteiger partial charge in [0, 0.05) is 5.69 Å². The molecule has 1 amide bonds. The number of carbonyl (C=O) groups excluding carboxylic acids is 2. The van der Waals surface area contributed by atoms with Crippen LogP contribution in [-0.2, 0) is 10.9 Å². The van der Waals surface area contributed by atoms with Gasteiger partial charge in [-0.3, -0.25) is 4.79 Å². The molecule has 0 aliphatic carbocycles. The molecule has 3 rings (SSSR count). The predicted octanol–water partition coefficient (Wildman–Crippen LogP) is 4.27. The molecule has 0 radical (unpaired) electrons. The van der Waals surface area contributed by atoms with E-state index in [1.807, 2.05) is 0 Å². The van der Waals surface area contributed by atoms with Gasteiger partial charge in [0.1, 0.15) is 5.52 Å². The molecule has 0 unspecified atom stereocenters. The van der Waals surface area contributed by atoms with Gasteiger partial charge in [0.2, 0.25) is 5.28 Å². The molecule has 10 heteroatoms. The van der Waals surface area contributed by atoms with Crippen LogP contribution in [0.1, 0.15) is 26.3 Å². The standard InChI is InChI=1S/C17H11ClF3N3O3/c1-27-15(26)10-6-8(7-12-13(10)24-16(18)23-12)22-14(25)9-4-2-3-5-11(9)17(19,20)21/h2-7H,1H3,(H,22,25)(H,23,24). The minimum Gasteiger partial charge on any atom is -0.465 e. The Labute approximate surface area is 155 Å². The summed E-state index contributed by atoms with van der Waals surface area (Å²) >= 11 is 5.80. The van der Waals surface area contributed by atoms with Gasteiger partial charge >= 0.3 is 12.1 Å². The van der Waals surface area contributed by atoms with E-state index >= 15 is 0 Å². The van der Waals surface area contributed by atoms with Gasteiger partial charge in [-0.1, -0.05) is 12.1 Å². The highest BCUT2D eigenvalue weighted by Crippen LogP contribution is 2.32. The van der Waals surface area contributed by atoms with Crippen molar-refractivity contribution < 1.29 is 27.5 Å². The van der Waals surface area contributed by atoms with Gasteiger partial charge in [0.25, 0.3) is 5.91 Å². The number of H-pyrrole nitrogens is 1. The molecule has 0 spiro atoms. The highest BCUT2D eigenvalue weighted by Gasteiger charge is 2.34. The lowest BCUT2D eigenvalue weighted by Gasteiger charge is -2.13. The molecule has 0 bridgehead atoms. The lowest BCUT2D eigenvalue weighted by molar-refractivity contribution is -0.137. The molecule has 0 aliphatic rings. The zero-order chi connectivity index (χ0) is 19.8. The molecule has 0 saturated carbocycles. The second-order valence-corrected chi connectivity index (χ2v) is 5.79. The number of amides is 1. The number of benzene rings is 2. The Balaban J connectivity index is 2.03. The number of fused-ring (bicyclic) bond motifs is 1. The Morgan fingerprint density at radius 1 is 1.19 bits per heavy atom. The van der Waals surface area contributed by atoms with Crippen LogP contribution in [0.3, 0.4) is 0 Å². The highest BCUT2D eigenvalue weighted by molar-refractivity contribution is 6.29. The van der Waals surface area contributed by atoms with Gasteiger partial charge in [0.15, 0.2) is 0 Å². The molecular weight excluding hydrogens is 387 g/mol. The zero-order valence-corrected chi connectivity index (χ0v) is 14.4. The highest BCUT2D eigenvalue weighted by atomic mass is 35.5. The molecule has 140 valence electrons. The van der Waals surface area contributed by atoms with E-state index in [2.05, 4.69) is 20.0 Å². The van der Waals surface area contributed by atoms with Gasteiger partial charge in [-0.05, 0) is 35.9 Å². The molecule has 0 aliphatic heterocycles. The number of rotatable bonds is 3. The first-order chi connectivity index (χ1) is 12.7. The van der Waals surface area contributed by atoms with Crippen LogP contribution in [0.15, 0.2) is 36.4 Å². The molecular formula is C17H11ClF3N3O3. The van der Waals surface area contributed by atoms with E-state index < -0.39 is 29.2 Å². The zero-order valence-electron chi connectivity index (χ0n) is 13.6. The van der Waals surface area contributed by atoms with Crippen molar-refractivity contribution in [1.29, 1.82) is 0 Å². The van der Waals surface area contributed by atoms with Crippen LogP contribution in [0.4, 0.5) is 18.9 Å². The van der Waals surface area contributed by atoms with E-state index in [9.17, 15) is 22.8 Å². The smallest absolute Gasteiger partial charge is 0.417 e. The number of nitrogens with one attached hydrogen (secondary N) is 2. The molecule has 27 heavy (non-hydrogen) atoms. The van der Waals surface area contributed by atoms with Crippen molar-refractivity contribution >= 4 is 40.2 Å². The van der Waals surface area contributed by atoms with Crippen LogP contribution < -0.4 is 5.32 Å². The summed E-state index contributed by atoms with van der Waals surface area (Å²) in [6.07, 6.45) is -4.69. The number of ether oxygens (including phenoxy) is 1. The van der Waals surface area contributed by atoms with Gasteiger partial charge in [-0.2, -0.15) is 13.2 Å². The van der Waals surface area contributed by atoms with Crippen LogP contribution in [0.25, 0.3) is 11.0 Å². The van der Waals surface area contributed by atoms with Crippen LogP contribution in [0, 0.1) is 0 Å². The first-order valence-electron chi connectivity index (χ1n) is 7.46. The maximum Gasteiger partial charge on any atom is 0.417 e. The minimum atomic E-state index is -4.69. The normalized spacial score (nSPS) is 11.4. The number of alkyl halides is 3. The number of anilines is 1. The van der Waals surface area contributed by atoms with Crippen LogP contribution >= 0.6 is 11.6 Å². The van der Waals surface area contributed by atoms with E-state index in [-0.39, 0.29) is 22.1 Å². The number of hydrogen-bond donors (Lipinski definition) is 2. The molecule has 6 nitrogen and oxygen atoms in total. The van der Waals surface area contributed by atoms with Gasteiger partial charge in [-0.15, -0.1) is 0 Å². The third kappa shape index (κ3) is 3.72. The number of nitrogens with zero attached hydrogens (tertiary/aromatic N) is 1. The molecule has 0 saturated heterocycles. The van der Waals surface area contributed by atoms with Crippen molar-refractivity contribution in [2.75, 3.05) is 12.4 Å². The fraction of sp³-hybridized carbons (Fsp3) is 0.118. The molecule has 1 aromatic heterocycles. The Bertz CT molecular complexity index is 1050. The Morgan fingerprint density at radius 2 is 1.89 bits per heavy atom. The topological polar surface area (TPSA) is 84.1 Å². The fourth-order valence-corrected chi connectivity index (χ4v) is 2.74. The van der Waals surface area contributed by atoms with E-state index in [1.54, 1.807) is 0 Å². The number of aromatic amines is 1. The van der Waals surface area contributed by atoms with Crippen LogP contribution in [0.5, 0.6) is 0 Å². The van der Waals surface area contributed by atoms with Crippen molar-refractivity contribution in [3.05, 3.63) is 58.4 Å². The average Bonchev–Trinajstić information content (AvgIpc) is 2.99. The molecule has 0 fully saturated rings. The second-order valence-electron chi connectivity index (χ2n) is 5.44. The van der Waals surface area contributed by atoms with Gasteiger partial charge < -0.3 is 15.0 Å². The summed E-state index contributed by atoms with van der Waals surface area (Å²) in [5, 5.41) is 2.35.